The molecule has 2 aromatic rings. The largest absolute Gasteiger partial charge is 0.493 e. The third kappa shape index (κ3) is 7.99. The van der Waals surface area contributed by atoms with Crippen LogP contribution in [-0.4, -0.2) is 59.2 Å². The van der Waals surface area contributed by atoms with E-state index in [-0.39, 0.29) is 61.4 Å². The smallest absolute Gasteiger partial charge is 0.339 e. The minimum Gasteiger partial charge on any atom is -0.493 e. The first-order valence-electron chi connectivity index (χ1n) is 10.5. The predicted octanol–water partition coefficient (Wildman–Crippen LogP) is 2.92. The molecule has 0 atom stereocenters. The minimum atomic E-state index is -4.26. The Balaban J connectivity index is 2.22. The summed E-state index contributed by atoms with van der Waals surface area (Å²) in [6.07, 6.45) is -0.0932. The standard InChI is InChI=1S/C23H28FNO8S/c1-4-32-23(27)12-11-22(26)25(13-14-30-2)16-17-5-10-20(31-3)21(15-17)33-34(28,29)19-8-6-18(24)7-9-19/h5-10,15H,4,11-14,16H2,1-3H3. The molecule has 0 spiro atoms. The lowest BCUT2D eigenvalue weighted by Gasteiger charge is -2.23. The maximum absolute atomic E-state index is 13.2. The number of esters is 1. The quantitative estimate of drug-likeness (QED) is 0.307. The molecule has 2 aromatic carbocycles. The normalized spacial score (nSPS) is 11.1. The Morgan fingerprint density at radius 2 is 1.71 bits per heavy atom. The van der Waals surface area contributed by atoms with Gasteiger partial charge in [0.25, 0.3) is 0 Å². The van der Waals surface area contributed by atoms with Crippen LogP contribution in [0, 0.1) is 5.82 Å². The van der Waals surface area contributed by atoms with Crippen molar-refractivity contribution in [3.05, 3.63) is 53.8 Å². The zero-order chi connectivity index (χ0) is 25.1. The average Bonchev–Trinajstić information content (AvgIpc) is 2.80. The van der Waals surface area contributed by atoms with E-state index in [1.807, 2.05) is 0 Å². The zero-order valence-electron chi connectivity index (χ0n) is 19.3. The molecule has 0 radical (unpaired) electrons. The molecule has 11 heteroatoms. The van der Waals surface area contributed by atoms with E-state index >= 15 is 0 Å². The Labute approximate surface area is 198 Å². The Morgan fingerprint density at radius 1 is 1.00 bits per heavy atom. The Hall–Kier alpha value is -3.18. The van der Waals surface area contributed by atoms with Gasteiger partial charge < -0.3 is 23.3 Å². The molecule has 0 fully saturated rings. The van der Waals surface area contributed by atoms with Gasteiger partial charge in [-0.1, -0.05) is 6.07 Å². The number of ether oxygens (including phenoxy) is 3. The number of nitrogens with zero attached hydrogens (tertiary/aromatic N) is 1. The van der Waals surface area contributed by atoms with Crippen LogP contribution < -0.4 is 8.92 Å². The molecule has 0 N–H and O–H groups in total. The maximum Gasteiger partial charge on any atom is 0.339 e. The number of amides is 1. The summed E-state index contributed by atoms with van der Waals surface area (Å²) in [6, 6.07) is 8.83. The number of hydrogen-bond acceptors (Lipinski definition) is 8. The Bertz CT molecular complexity index is 1070. The van der Waals surface area contributed by atoms with Gasteiger partial charge in [0.15, 0.2) is 11.5 Å². The topological polar surface area (TPSA) is 108 Å². The molecule has 2 rings (SSSR count). The number of methoxy groups -OCH3 is 2. The van der Waals surface area contributed by atoms with Crippen LogP contribution in [0.3, 0.4) is 0 Å². The van der Waals surface area contributed by atoms with Crippen LogP contribution in [-0.2, 0) is 35.7 Å². The summed E-state index contributed by atoms with van der Waals surface area (Å²) in [5, 5.41) is 0. The SMILES string of the molecule is CCOC(=O)CCC(=O)N(CCOC)Cc1ccc(OC)c(OS(=O)(=O)c2ccc(F)cc2)c1. The highest BCUT2D eigenvalue weighted by molar-refractivity contribution is 7.87. The van der Waals surface area contributed by atoms with E-state index in [2.05, 4.69) is 0 Å². The highest BCUT2D eigenvalue weighted by atomic mass is 32.2. The number of hydrogen-bond donors (Lipinski definition) is 0. The van der Waals surface area contributed by atoms with Gasteiger partial charge in [0.1, 0.15) is 10.7 Å². The van der Waals surface area contributed by atoms with Gasteiger partial charge in [-0.25, -0.2) is 4.39 Å². The van der Waals surface area contributed by atoms with Gasteiger partial charge in [-0.05, 0) is 48.9 Å². The van der Waals surface area contributed by atoms with Crippen molar-refractivity contribution in [2.45, 2.75) is 31.2 Å². The van der Waals surface area contributed by atoms with Gasteiger partial charge in [0.05, 0.1) is 26.7 Å². The van der Waals surface area contributed by atoms with E-state index in [9.17, 15) is 22.4 Å². The summed E-state index contributed by atoms with van der Waals surface area (Å²) < 4.78 is 58.8. The van der Waals surface area contributed by atoms with E-state index in [0.29, 0.717) is 5.56 Å². The van der Waals surface area contributed by atoms with Crippen LogP contribution in [0.25, 0.3) is 0 Å². The van der Waals surface area contributed by atoms with E-state index in [0.717, 1.165) is 24.3 Å². The molecule has 1 amide bonds. The average molecular weight is 498 g/mol. The Morgan fingerprint density at radius 3 is 2.32 bits per heavy atom. The molecular weight excluding hydrogens is 469 g/mol. The Kier molecular flexibility index (Phi) is 10.3. The lowest BCUT2D eigenvalue weighted by atomic mass is 10.1. The third-order valence-corrected chi connectivity index (χ3v) is 5.92. The fourth-order valence-electron chi connectivity index (χ4n) is 2.97. The van der Waals surface area contributed by atoms with Gasteiger partial charge in [-0.2, -0.15) is 8.42 Å². The highest BCUT2D eigenvalue weighted by Crippen LogP contribution is 2.31. The molecular formula is C23H28FNO8S. The minimum absolute atomic E-state index is 0.0407. The monoisotopic (exact) mass is 497 g/mol. The van der Waals surface area contributed by atoms with E-state index < -0.39 is 21.9 Å². The molecule has 0 aromatic heterocycles. The molecule has 0 heterocycles. The predicted molar refractivity (Wildman–Crippen MR) is 120 cm³/mol. The van der Waals surface area contributed by atoms with Crippen LogP contribution >= 0.6 is 0 Å². The molecule has 34 heavy (non-hydrogen) atoms. The van der Waals surface area contributed by atoms with Crippen molar-refractivity contribution in [2.24, 2.45) is 0 Å². The molecule has 0 aliphatic carbocycles. The van der Waals surface area contributed by atoms with Crippen molar-refractivity contribution in [3.8, 4) is 11.5 Å². The molecule has 0 saturated carbocycles. The van der Waals surface area contributed by atoms with Gasteiger partial charge in [-0.3, -0.25) is 9.59 Å². The summed E-state index contributed by atoms with van der Waals surface area (Å²) in [5.41, 5.74) is 0.561. The number of benzene rings is 2. The van der Waals surface area contributed by atoms with Crippen molar-refractivity contribution in [3.63, 3.8) is 0 Å². The maximum atomic E-state index is 13.2. The second kappa shape index (κ2) is 12.9. The molecule has 0 aliphatic heterocycles. The molecule has 9 nitrogen and oxygen atoms in total. The van der Waals surface area contributed by atoms with Crippen LogP contribution in [0.4, 0.5) is 4.39 Å². The van der Waals surface area contributed by atoms with Crippen LogP contribution in [0.5, 0.6) is 11.5 Å². The van der Waals surface area contributed by atoms with Crippen LogP contribution in [0.15, 0.2) is 47.4 Å². The summed E-state index contributed by atoms with van der Waals surface area (Å²) >= 11 is 0. The van der Waals surface area contributed by atoms with Crippen LogP contribution in [0.1, 0.15) is 25.3 Å². The van der Waals surface area contributed by atoms with E-state index in [4.69, 9.17) is 18.4 Å². The lowest BCUT2D eigenvalue weighted by molar-refractivity contribution is -0.145. The van der Waals surface area contributed by atoms with Crippen molar-refractivity contribution in [1.29, 1.82) is 0 Å². The fourth-order valence-corrected chi connectivity index (χ4v) is 3.90. The first kappa shape index (κ1) is 27.1. The molecule has 0 aliphatic rings. The van der Waals surface area contributed by atoms with E-state index in [1.54, 1.807) is 13.0 Å². The van der Waals surface area contributed by atoms with E-state index in [1.165, 1.54) is 31.3 Å². The first-order chi connectivity index (χ1) is 16.2. The lowest BCUT2D eigenvalue weighted by Crippen LogP contribution is -2.33. The highest BCUT2D eigenvalue weighted by Gasteiger charge is 2.21. The first-order valence-corrected chi connectivity index (χ1v) is 11.9. The molecule has 186 valence electrons. The van der Waals surface area contributed by atoms with Crippen molar-refractivity contribution < 1.29 is 40.8 Å². The van der Waals surface area contributed by atoms with Crippen molar-refractivity contribution in [2.75, 3.05) is 34.0 Å². The second-order valence-electron chi connectivity index (χ2n) is 7.09. The number of carbonyl (C=O) groups excluding carboxylic acids is 2. The van der Waals surface area contributed by atoms with Gasteiger partial charge in [-0.15, -0.1) is 0 Å². The van der Waals surface area contributed by atoms with Crippen molar-refractivity contribution in [1.82, 2.24) is 4.90 Å². The van der Waals surface area contributed by atoms with Crippen molar-refractivity contribution >= 4 is 22.0 Å². The summed E-state index contributed by atoms with van der Waals surface area (Å²) in [5.74, 6) is -1.26. The summed E-state index contributed by atoms with van der Waals surface area (Å²) in [6.45, 7) is 2.56. The van der Waals surface area contributed by atoms with Gasteiger partial charge in [0.2, 0.25) is 5.91 Å². The number of rotatable bonds is 13. The molecule has 0 unspecified atom stereocenters. The second-order valence-corrected chi connectivity index (χ2v) is 8.64. The fraction of sp³-hybridized carbons (Fsp3) is 0.391. The zero-order valence-corrected chi connectivity index (χ0v) is 20.1. The number of carbonyl (C=O) groups is 2. The summed E-state index contributed by atoms with van der Waals surface area (Å²) in [7, 11) is -1.40. The third-order valence-electron chi connectivity index (χ3n) is 4.67. The van der Waals surface area contributed by atoms with Gasteiger partial charge >= 0.3 is 16.1 Å². The molecule has 0 saturated heterocycles. The number of halogens is 1. The summed E-state index contributed by atoms with van der Waals surface area (Å²) in [4.78, 5) is 25.6. The van der Waals surface area contributed by atoms with Gasteiger partial charge in [0, 0.05) is 26.6 Å². The molecule has 0 bridgehead atoms. The van der Waals surface area contributed by atoms with Crippen LogP contribution in [0.2, 0.25) is 0 Å².